The highest BCUT2D eigenvalue weighted by Gasteiger charge is 2.42. The molecule has 8 rings (SSSR count). The van der Waals surface area contributed by atoms with Crippen LogP contribution in [0, 0.1) is 34.6 Å². The Hall–Kier alpha value is -6.82. The maximum atomic E-state index is 13.1. The maximum Gasteiger partial charge on any atom is 0.251 e. The summed E-state index contributed by atoms with van der Waals surface area (Å²) < 4.78 is 3.37. The average molecular weight is 763 g/mol. The minimum atomic E-state index is -0.736. The molecule has 0 aliphatic carbocycles. The summed E-state index contributed by atoms with van der Waals surface area (Å²) in [5, 5.41) is 20.7. The molecule has 0 saturated heterocycles. The van der Waals surface area contributed by atoms with Gasteiger partial charge in [0.2, 0.25) is 11.8 Å². The van der Waals surface area contributed by atoms with Crippen LogP contribution in [-0.4, -0.2) is 55.3 Å². The van der Waals surface area contributed by atoms with E-state index in [4.69, 9.17) is 0 Å². The summed E-state index contributed by atoms with van der Waals surface area (Å²) in [7, 11) is 3.62. The lowest BCUT2D eigenvalue weighted by molar-refractivity contribution is -0.119. The van der Waals surface area contributed by atoms with E-state index in [2.05, 4.69) is 43.6 Å². The number of aromatic nitrogens is 4. The number of carbonyl (C=O) groups excluding carboxylic acids is 4. The lowest BCUT2D eigenvalue weighted by Crippen LogP contribution is -2.50. The van der Waals surface area contributed by atoms with Gasteiger partial charge in [0.1, 0.15) is 23.7 Å². The third-order valence-corrected chi connectivity index (χ3v) is 10.6. The molecule has 0 unspecified atom stereocenters. The number of anilines is 2. The standard InChI is InChI=1S/C23H24N4O2.C22H22N4O2/c1-13-7-5-9-16(11-13)19-18-15(3)26-27(4)21(18)25-23(29)20(19)24-22(28)17-10-6-8-14(2)12-17;1-13-8-7-11-16(12-13)18-17-14(2)25-26(3)20(17)24-22(28)19(18)23-21(27)15-9-5-4-6-10-15/h5-12,19-20H,1-4H3,(H,24,28)(H,25,29);4-12,18-19H,1-3H3,(H,23,27)(H,24,28)/t19-,20+;18-,19+/m00/s1. The van der Waals surface area contributed by atoms with Crippen LogP contribution in [0.3, 0.4) is 0 Å². The molecule has 0 fully saturated rings. The maximum absolute atomic E-state index is 13.1. The molecular weight excluding hydrogens is 717 g/mol. The molecule has 4 amide bonds. The molecule has 4 atom stereocenters. The number of rotatable bonds is 6. The summed E-state index contributed by atoms with van der Waals surface area (Å²) in [6.45, 7) is 9.82. The van der Waals surface area contributed by atoms with Gasteiger partial charge in [0, 0.05) is 48.2 Å². The molecule has 2 aromatic heterocycles. The fourth-order valence-corrected chi connectivity index (χ4v) is 7.98. The second-order valence-corrected chi connectivity index (χ2v) is 14.8. The molecule has 2 aliphatic heterocycles. The van der Waals surface area contributed by atoms with Crippen LogP contribution < -0.4 is 21.3 Å². The van der Waals surface area contributed by atoms with E-state index in [1.54, 1.807) is 39.7 Å². The molecule has 4 heterocycles. The molecule has 0 spiro atoms. The van der Waals surface area contributed by atoms with Crippen molar-refractivity contribution >= 4 is 35.3 Å². The van der Waals surface area contributed by atoms with Gasteiger partial charge in [-0.3, -0.25) is 28.5 Å². The highest BCUT2D eigenvalue weighted by Crippen LogP contribution is 2.41. The average Bonchev–Trinajstić information content (AvgIpc) is 3.63. The largest absolute Gasteiger partial charge is 0.339 e. The second kappa shape index (κ2) is 15.7. The quantitative estimate of drug-likeness (QED) is 0.160. The Bertz CT molecular complexity index is 2520. The van der Waals surface area contributed by atoms with E-state index in [1.165, 1.54) is 0 Å². The van der Waals surface area contributed by atoms with Gasteiger partial charge in [0.05, 0.1) is 11.4 Å². The number of hydrogen-bond donors (Lipinski definition) is 4. The fraction of sp³-hybridized carbons (Fsp3) is 0.244. The topological polar surface area (TPSA) is 152 Å². The lowest BCUT2D eigenvalue weighted by atomic mass is 9.81. The van der Waals surface area contributed by atoms with Crippen molar-refractivity contribution in [3.05, 3.63) is 165 Å². The first-order valence-electron chi connectivity index (χ1n) is 18.9. The molecule has 12 heteroatoms. The van der Waals surface area contributed by atoms with Crippen molar-refractivity contribution in [3.63, 3.8) is 0 Å². The molecule has 2 aliphatic rings. The first-order valence-corrected chi connectivity index (χ1v) is 18.9. The molecular formula is C45H46N8O4. The predicted molar refractivity (Wildman–Crippen MR) is 219 cm³/mol. The van der Waals surface area contributed by atoms with E-state index in [1.807, 2.05) is 109 Å². The van der Waals surface area contributed by atoms with Crippen molar-refractivity contribution in [3.8, 4) is 0 Å². The molecule has 4 aromatic carbocycles. The predicted octanol–water partition coefficient (Wildman–Crippen LogP) is 6.15. The zero-order chi connectivity index (χ0) is 40.5. The minimum absolute atomic E-state index is 0.243. The molecule has 0 saturated carbocycles. The molecule has 12 nitrogen and oxygen atoms in total. The van der Waals surface area contributed by atoms with E-state index in [-0.39, 0.29) is 35.5 Å². The number of hydrogen-bond acceptors (Lipinski definition) is 6. The van der Waals surface area contributed by atoms with Crippen LogP contribution in [0.1, 0.15) is 82.9 Å². The summed E-state index contributed by atoms with van der Waals surface area (Å²) in [5.74, 6) is -0.301. The van der Waals surface area contributed by atoms with E-state index < -0.39 is 12.1 Å². The molecule has 290 valence electrons. The smallest absolute Gasteiger partial charge is 0.251 e. The van der Waals surface area contributed by atoms with Crippen molar-refractivity contribution in [1.82, 2.24) is 30.2 Å². The SMILES string of the molecule is Cc1cccc(C(=O)N[C@H]2C(=O)Nc3c(c(C)nn3C)[C@@H]2c2cccc(C)c2)c1.Cc1cccc([C@H]2c3c(C)nn(C)c3NC(=O)[C@@H]2NC(=O)c2ccccc2)c1. The van der Waals surface area contributed by atoms with Gasteiger partial charge in [-0.2, -0.15) is 10.2 Å². The first-order chi connectivity index (χ1) is 27.3. The van der Waals surface area contributed by atoms with E-state index in [0.29, 0.717) is 22.8 Å². The number of fused-ring (bicyclic) bond motifs is 2. The molecule has 0 radical (unpaired) electrons. The van der Waals surface area contributed by atoms with E-state index in [0.717, 1.165) is 50.3 Å². The van der Waals surface area contributed by atoms with Crippen LogP contribution >= 0.6 is 0 Å². The zero-order valence-electron chi connectivity index (χ0n) is 33.0. The summed E-state index contributed by atoms with van der Waals surface area (Å²) in [5.41, 5.74) is 9.75. The van der Waals surface area contributed by atoms with Crippen LogP contribution in [0.25, 0.3) is 0 Å². The van der Waals surface area contributed by atoms with Crippen molar-refractivity contribution in [2.24, 2.45) is 14.1 Å². The Labute approximate surface area is 331 Å². The summed E-state index contributed by atoms with van der Waals surface area (Å²) in [6.07, 6.45) is 0. The number of aryl methyl sites for hydroxylation is 7. The zero-order valence-corrected chi connectivity index (χ0v) is 33.0. The van der Waals surface area contributed by atoms with Gasteiger partial charge >= 0.3 is 0 Å². The minimum Gasteiger partial charge on any atom is -0.339 e. The Morgan fingerprint density at radius 3 is 1.39 bits per heavy atom. The fourth-order valence-electron chi connectivity index (χ4n) is 7.98. The Morgan fingerprint density at radius 1 is 0.544 bits per heavy atom. The van der Waals surface area contributed by atoms with Gasteiger partial charge in [0.15, 0.2) is 0 Å². The highest BCUT2D eigenvalue weighted by molar-refractivity contribution is 6.05. The number of amides is 4. The Morgan fingerprint density at radius 2 is 0.947 bits per heavy atom. The van der Waals surface area contributed by atoms with Gasteiger partial charge in [-0.05, 0) is 70.0 Å². The molecule has 57 heavy (non-hydrogen) atoms. The van der Waals surface area contributed by atoms with Crippen molar-refractivity contribution in [2.45, 2.75) is 58.5 Å². The molecule has 0 bridgehead atoms. The van der Waals surface area contributed by atoms with Gasteiger partial charge in [-0.25, -0.2) is 0 Å². The van der Waals surface area contributed by atoms with Crippen LogP contribution in [0.15, 0.2) is 103 Å². The molecule has 4 N–H and O–H groups in total. The molecule has 6 aromatic rings. The highest BCUT2D eigenvalue weighted by atomic mass is 16.2. The number of nitrogens with zero attached hydrogens (tertiary/aromatic N) is 4. The van der Waals surface area contributed by atoms with Crippen LogP contribution in [0.2, 0.25) is 0 Å². The third-order valence-electron chi connectivity index (χ3n) is 10.6. The van der Waals surface area contributed by atoms with E-state index >= 15 is 0 Å². The van der Waals surface area contributed by atoms with Crippen molar-refractivity contribution in [1.29, 1.82) is 0 Å². The number of nitrogens with one attached hydrogen (secondary N) is 4. The van der Waals surface area contributed by atoms with E-state index in [9.17, 15) is 19.2 Å². The summed E-state index contributed by atoms with van der Waals surface area (Å²) in [4.78, 5) is 51.8. The third kappa shape index (κ3) is 7.71. The van der Waals surface area contributed by atoms with Crippen LogP contribution in [0.4, 0.5) is 11.6 Å². The van der Waals surface area contributed by atoms with Gasteiger partial charge < -0.3 is 21.3 Å². The van der Waals surface area contributed by atoms with Gasteiger partial charge in [0.25, 0.3) is 11.8 Å². The Balaban J connectivity index is 0.000000174. The monoisotopic (exact) mass is 762 g/mol. The number of benzene rings is 4. The van der Waals surface area contributed by atoms with Crippen molar-refractivity contribution < 1.29 is 19.2 Å². The number of carbonyl (C=O) groups is 4. The Kier molecular flexibility index (Phi) is 10.6. The van der Waals surface area contributed by atoms with Crippen LogP contribution in [-0.2, 0) is 23.7 Å². The summed E-state index contributed by atoms with van der Waals surface area (Å²) in [6, 6.07) is 30.9. The van der Waals surface area contributed by atoms with Gasteiger partial charge in [-0.1, -0.05) is 95.6 Å². The first kappa shape index (κ1) is 38.5. The summed E-state index contributed by atoms with van der Waals surface area (Å²) >= 11 is 0. The van der Waals surface area contributed by atoms with Crippen molar-refractivity contribution in [2.75, 3.05) is 10.6 Å². The lowest BCUT2D eigenvalue weighted by Gasteiger charge is -2.32. The second-order valence-electron chi connectivity index (χ2n) is 14.8. The van der Waals surface area contributed by atoms with Crippen LogP contribution in [0.5, 0.6) is 0 Å². The normalized spacial score (nSPS) is 18.2. The van der Waals surface area contributed by atoms with Gasteiger partial charge in [-0.15, -0.1) is 0 Å².